The molecule has 0 aromatic heterocycles. The molecule has 1 aromatic rings. The summed E-state index contributed by atoms with van der Waals surface area (Å²) in [5.41, 5.74) is 15.3. The third-order valence-corrected chi connectivity index (χ3v) is 2.97. The molecule has 1 aromatic carbocycles. The minimum atomic E-state index is -0.633. The van der Waals surface area contributed by atoms with Crippen LogP contribution in [0, 0.1) is 20.8 Å². The van der Waals surface area contributed by atoms with Crippen LogP contribution in [-0.2, 0) is 4.79 Å². The van der Waals surface area contributed by atoms with E-state index in [9.17, 15) is 4.79 Å². The van der Waals surface area contributed by atoms with Crippen molar-refractivity contribution in [2.45, 2.75) is 26.8 Å². The van der Waals surface area contributed by atoms with Crippen LogP contribution in [0.2, 0.25) is 0 Å². The highest BCUT2D eigenvalue weighted by atomic mass is 16.2. The topological polar surface area (TPSA) is 67.1 Å². The number of hydrogen-bond donors (Lipinski definition) is 3. The molecule has 88 valence electrons. The third-order valence-electron chi connectivity index (χ3n) is 2.97. The lowest BCUT2D eigenvalue weighted by Crippen LogP contribution is -2.41. The fraction of sp³-hybridized carbons (Fsp3) is 0.417. The van der Waals surface area contributed by atoms with E-state index in [1.165, 1.54) is 11.1 Å². The summed E-state index contributed by atoms with van der Waals surface area (Å²) < 4.78 is 0. The van der Waals surface area contributed by atoms with E-state index in [1.54, 1.807) is 7.05 Å². The van der Waals surface area contributed by atoms with Gasteiger partial charge in [-0.15, -0.1) is 0 Å². The lowest BCUT2D eigenvalue weighted by molar-refractivity contribution is -0.123. The van der Waals surface area contributed by atoms with Gasteiger partial charge in [-0.3, -0.25) is 10.2 Å². The van der Waals surface area contributed by atoms with Crippen LogP contribution in [0.5, 0.6) is 0 Å². The van der Waals surface area contributed by atoms with Crippen LogP contribution in [0.25, 0.3) is 0 Å². The fourth-order valence-corrected chi connectivity index (χ4v) is 1.66. The van der Waals surface area contributed by atoms with Gasteiger partial charge in [0.15, 0.2) is 0 Å². The quantitative estimate of drug-likeness (QED) is 0.663. The Morgan fingerprint density at radius 2 is 1.88 bits per heavy atom. The highest BCUT2D eigenvalue weighted by Crippen LogP contribution is 2.21. The minimum absolute atomic E-state index is 0.228. The third kappa shape index (κ3) is 2.40. The largest absolute Gasteiger partial charge is 0.316 e. The Morgan fingerprint density at radius 3 is 2.44 bits per heavy atom. The number of rotatable bonds is 3. The molecule has 0 bridgehead atoms. The van der Waals surface area contributed by atoms with Crippen molar-refractivity contribution >= 4 is 5.91 Å². The minimum Gasteiger partial charge on any atom is -0.316 e. The number of nitrogens with two attached hydrogens (primary N) is 1. The monoisotopic (exact) mass is 221 g/mol. The highest BCUT2D eigenvalue weighted by Gasteiger charge is 2.18. The molecule has 1 unspecified atom stereocenters. The van der Waals surface area contributed by atoms with E-state index in [2.05, 4.69) is 10.9 Å². The molecule has 0 heterocycles. The van der Waals surface area contributed by atoms with Gasteiger partial charge in [0.25, 0.3) is 5.91 Å². The number of hydrogen-bond acceptors (Lipinski definition) is 3. The van der Waals surface area contributed by atoms with E-state index in [4.69, 9.17) is 5.73 Å². The van der Waals surface area contributed by atoms with Crippen molar-refractivity contribution in [1.82, 2.24) is 10.9 Å². The highest BCUT2D eigenvalue weighted by molar-refractivity contribution is 5.83. The predicted octanol–water partition coefficient (Wildman–Crippen LogP) is 0.862. The van der Waals surface area contributed by atoms with Gasteiger partial charge < -0.3 is 5.73 Å². The number of amides is 1. The van der Waals surface area contributed by atoms with Gasteiger partial charge in [0.05, 0.1) is 0 Å². The van der Waals surface area contributed by atoms with Gasteiger partial charge in [0.2, 0.25) is 0 Å². The van der Waals surface area contributed by atoms with Crippen molar-refractivity contribution in [3.63, 3.8) is 0 Å². The Balaban J connectivity index is 3.05. The maximum absolute atomic E-state index is 11.6. The second-order valence-electron chi connectivity index (χ2n) is 3.94. The van der Waals surface area contributed by atoms with Crippen molar-refractivity contribution in [2.75, 3.05) is 7.05 Å². The summed E-state index contributed by atoms with van der Waals surface area (Å²) in [6.45, 7) is 6.08. The maximum atomic E-state index is 11.6. The molecule has 4 N–H and O–H groups in total. The van der Waals surface area contributed by atoms with Crippen LogP contribution in [0.3, 0.4) is 0 Å². The summed E-state index contributed by atoms with van der Waals surface area (Å²) in [4.78, 5) is 11.6. The van der Waals surface area contributed by atoms with Gasteiger partial charge in [-0.25, -0.2) is 5.43 Å². The second-order valence-corrected chi connectivity index (χ2v) is 3.94. The van der Waals surface area contributed by atoms with Crippen molar-refractivity contribution < 1.29 is 4.79 Å². The molecule has 0 radical (unpaired) electrons. The number of hydrazine groups is 1. The van der Waals surface area contributed by atoms with Gasteiger partial charge in [-0.2, -0.15) is 0 Å². The lowest BCUT2D eigenvalue weighted by Gasteiger charge is -2.17. The smallest absolute Gasteiger partial charge is 0.255 e. The summed E-state index contributed by atoms with van der Waals surface area (Å²) in [7, 11) is 1.64. The molecule has 0 saturated heterocycles. The molecule has 1 atom stereocenters. The first kappa shape index (κ1) is 12.7. The molecule has 1 amide bonds. The molecule has 0 aliphatic rings. The molecule has 1 rings (SSSR count). The molecule has 0 aliphatic carbocycles. The van der Waals surface area contributed by atoms with Gasteiger partial charge in [0.1, 0.15) is 6.04 Å². The van der Waals surface area contributed by atoms with Crippen molar-refractivity contribution in [2.24, 2.45) is 5.73 Å². The Bertz CT molecular complexity index is 401. The van der Waals surface area contributed by atoms with Gasteiger partial charge >= 0.3 is 0 Å². The van der Waals surface area contributed by atoms with Crippen molar-refractivity contribution in [3.8, 4) is 0 Å². The number of benzene rings is 1. The molecule has 0 saturated carbocycles. The zero-order chi connectivity index (χ0) is 12.3. The Morgan fingerprint density at radius 1 is 1.25 bits per heavy atom. The number of aryl methyl sites for hydroxylation is 1. The van der Waals surface area contributed by atoms with Gasteiger partial charge in [-0.05, 0) is 43.0 Å². The first-order chi connectivity index (χ1) is 7.49. The summed E-state index contributed by atoms with van der Waals surface area (Å²) in [5.74, 6) is -0.228. The van der Waals surface area contributed by atoms with E-state index in [-0.39, 0.29) is 5.91 Å². The molecule has 0 fully saturated rings. The Hall–Kier alpha value is -1.39. The normalized spacial score (nSPS) is 12.3. The van der Waals surface area contributed by atoms with E-state index in [0.29, 0.717) is 0 Å². The standard InChI is InChI=1S/C12H19N3O/c1-7-5-6-10(9(3)8(7)2)11(13)12(16)15-14-4/h5-6,11,14H,13H2,1-4H3,(H,15,16). The van der Waals surface area contributed by atoms with E-state index in [0.717, 1.165) is 11.1 Å². The first-order valence-electron chi connectivity index (χ1n) is 5.28. The first-order valence-corrected chi connectivity index (χ1v) is 5.28. The van der Waals surface area contributed by atoms with Crippen LogP contribution < -0.4 is 16.6 Å². The van der Waals surface area contributed by atoms with Crippen LogP contribution in [0.4, 0.5) is 0 Å². The molecular weight excluding hydrogens is 202 g/mol. The average Bonchev–Trinajstić information content (AvgIpc) is 2.26. The predicted molar refractivity (Wildman–Crippen MR) is 64.8 cm³/mol. The summed E-state index contributed by atoms with van der Waals surface area (Å²) >= 11 is 0. The van der Waals surface area contributed by atoms with Crippen LogP contribution in [0.1, 0.15) is 28.3 Å². The van der Waals surface area contributed by atoms with Gasteiger partial charge in [0, 0.05) is 7.05 Å². The van der Waals surface area contributed by atoms with Crippen LogP contribution in [-0.4, -0.2) is 13.0 Å². The van der Waals surface area contributed by atoms with Gasteiger partial charge in [-0.1, -0.05) is 12.1 Å². The average molecular weight is 221 g/mol. The lowest BCUT2D eigenvalue weighted by atomic mass is 9.94. The summed E-state index contributed by atoms with van der Waals surface area (Å²) in [6.07, 6.45) is 0. The maximum Gasteiger partial charge on any atom is 0.255 e. The number of nitrogens with one attached hydrogen (secondary N) is 2. The number of carbonyl (C=O) groups is 1. The van der Waals surface area contributed by atoms with E-state index >= 15 is 0 Å². The molecule has 0 aliphatic heterocycles. The Labute approximate surface area is 96.2 Å². The fourth-order valence-electron chi connectivity index (χ4n) is 1.66. The van der Waals surface area contributed by atoms with Crippen LogP contribution >= 0.6 is 0 Å². The summed E-state index contributed by atoms with van der Waals surface area (Å²) in [6, 6.07) is 3.27. The van der Waals surface area contributed by atoms with Crippen LogP contribution in [0.15, 0.2) is 12.1 Å². The SMILES string of the molecule is CNNC(=O)C(N)c1ccc(C)c(C)c1C. The molecule has 0 spiro atoms. The molecule has 4 heteroatoms. The van der Waals surface area contributed by atoms with Crippen molar-refractivity contribution in [3.05, 3.63) is 34.4 Å². The van der Waals surface area contributed by atoms with E-state index < -0.39 is 6.04 Å². The molecule has 16 heavy (non-hydrogen) atoms. The zero-order valence-corrected chi connectivity index (χ0v) is 10.2. The zero-order valence-electron chi connectivity index (χ0n) is 10.2. The second kappa shape index (κ2) is 5.09. The molecule has 4 nitrogen and oxygen atoms in total. The molecular formula is C12H19N3O. The number of carbonyl (C=O) groups excluding carboxylic acids is 1. The summed E-state index contributed by atoms with van der Waals surface area (Å²) in [5, 5.41) is 0. The van der Waals surface area contributed by atoms with E-state index in [1.807, 2.05) is 32.9 Å². The van der Waals surface area contributed by atoms with Crippen molar-refractivity contribution in [1.29, 1.82) is 0 Å². The Kier molecular flexibility index (Phi) is 4.04.